The first-order chi connectivity index (χ1) is 9.10. The molecule has 1 amide bonds. The molecule has 19 heavy (non-hydrogen) atoms. The van der Waals surface area contributed by atoms with Gasteiger partial charge in [0.05, 0.1) is 0 Å². The van der Waals surface area contributed by atoms with Gasteiger partial charge in [0.1, 0.15) is 16.8 Å². The monoisotopic (exact) mass is 284 g/mol. The van der Waals surface area contributed by atoms with E-state index in [2.05, 4.69) is 15.3 Å². The fourth-order valence-electron chi connectivity index (χ4n) is 1.75. The van der Waals surface area contributed by atoms with Gasteiger partial charge in [0.25, 0.3) is 0 Å². The van der Waals surface area contributed by atoms with Crippen molar-refractivity contribution in [2.24, 2.45) is 0 Å². The average Bonchev–Trinajstić information content (AvgIpc) is 2.39. The van der Waals surface area contributed by atoms with Crippen molar-refractivity contribution in [1.29, 1.82) is 0 Å². The highest BCUT2D eigenvalue weighted by atomic mass is 35.5. The summed E-state index contributed by atoms with van der Waals surface area (Å²) in [7, 11) is 0. The molecule has 0 fully saturated rings. The molecule has 5 nitrogen and oxygen atoms in total. The van der Waals surface area contributed by atoms with Crippen molar-refractivity contribution in [2.75, 3.05) is 25.0 Å². The van der Waals surface area contributed by atoms with Crippen LogP contribution in [-0.4, -0.2) is 40.4 Å². The Morgan fingerprint density at radius 1 is 1.32 bits per heavy atom. The topological polar surface area (TPSA) is 58.1 Å². The molecule has 1 heterocycles. The van der Waals surface area contributed by atoms with Crippen molar-refractivity contribution < 1.29 is 4.79 Å². The Morgan fingerprint density at radius 2 is 2.00 bits per heavy atom. The molecule has 1 rings (SSSR count). The van der Waals surface area contributed by atoms with E-state index in [0.717, 1.165) is 19.5 Å². The fraction of sp³-hybridized carbons (Fsp3) is 0.615. The van der Waals surface area contributed by atoms with E-state index in [9.17, 15) is 4.79 Å². The Kier molecular flexibility index (Phi) is 6.56. The zero-order valence-corrected chi connectivity index (χ0v) is 12.5. The van der Waals surface area contributed by atoms with Crippen molar-refractivity contribution in [3.8, 4) is 0 Å². The summed E-state index contributed by atoms with van der Waals surface area (Å²) >= 11 is 5.90. The Morgan fingerprint density at radius 3 is 2.58 bits per heavy atom. The molecule has 0 saturated carbocycles. The van der Waals surface area contributed by atoms with Crippen molar-refractivity contribution in [2.45, 2.75) is 33.6 Å². The van der Waals surface area contributed by atoms with Crippen LogP contribution in [0, 0.1) is 0 Å². The zero-order chi connectivity index (χ0) is 14.3. The Bertz CT molecular complexity index is 421. The standard InChI is InChI=1S/C13H21ClN4O/c1-4-11-16-10(14)9-12(17-11)15-8-7-13(19)18(5-2)6-3/h9H,4-8H2,1-3H3,(H,15,16,17). The molecule has 6 heteroatoms. The van der Waals surface area contributed by atoms with Gasteiger partial charge < -0.3 is 10.2 Å². The quantitative estimate of drug-likeness (QED) is 0.781. The Balaban J connectivity index is 2.49. The largest absolute Gasteiger partial charge is 0.369 e. The first-order valence-electron chi connectivity index (χ1n) is 6.65. The molecule has 0 unspecified atom stereocenters. The second kappa shape index (κ2) is 7.94. The van der Waals surface area contributed by atoms with Gasteiger partial charge in [-0.15, -0.1) is 0 Å². The molecule has 0 spiro atoms. The molecule has 106 valence electrons. The van der Waals surface area contributed by atoms with Crippen LogP contribution in [0.4, 0.5) is 5.82 Å². The van der Waals surface area contributed by atoms with E-state index in [1.54, 1.807) is 6.07 Å². The van der Waals surface area contributed by atoms with E-state index in [4.69, 9.17) is 11.6 Å². The third kappa shape index (κ3) is 5.03. The molecule has 1 aromatic rings. The summed E-state index contributed by atoms with van der Waals surface area (Å²) in [6.07, 6.45) is 1.18. The number of hydrogen-bond acceptors (Lipinski definition) is 4. The van der Waals surface area contributed by atoms with E-state index >= 15 is 0 Å². The lowest BCUT2D eigenvalue weighted by Crippen LogP contribution is -2.31. The summed E-state index contributed by atoms with van der Waals surface area (Å²) in [5.74, 6) is 1.52. The van der Waals surface area contributed by atoms with E-state index in [-0.39, 0.29) is 5.91 Å². The minimum Gasteiger partial charge on any atom is -0.369 e. The van der Waals surface area contributed by atoms with Crippen LogP contribution in [-0.2, 0) is 11.2 Å². The molecule has 0 aliphatic heterocycles. The van der Waals surface area contributed by atoms with Crippen LogP contribution in [0.3, 0.4) is 0 Å². The number of rotatable bonds is 7. The lowest BCUT2D eigenvalue weighted by molar-refractivity contribution is -0.130. The number of nitrogens with zero attached hydrogens (tertiary/aromatic N) is 3. The van der Waals surface area contributed by atoms with Crippen molar-refractivity contribution in [3.63, 3.8) is 0 Å². The molecule has 0 saturated heterocycles. The maximum atomic E-state index is 11.8. The van der Waals surface area contributed by atoms with Crippen LogP contribution in [0.1, 0.15) is 33.0 Å². The number of anilines is 1. The Labute approximate surface area is 119 Å². The Hall–Kier alpha value is -1.36. The van der Waals surface area contributed by atoms with Crippen LogP contribution in [0.25, 0.3) is 0 Å². The van der Waals surface area contributed by atoms with Crippen LogP contribution in [0.5, 0.6) is 0 Å². The first-order valence-corrected chi connectivity index (χ1v) is 7.03. The van der Waals surface area contributed by atoms with Gasteiger partial charge in [0.15, 0.2) is 0 Å². The van der Waals surface area contributed by atoms with Gasteiger partial charge >= 0.3 is 0 Å². The molecule has 0 radical (unpaired) electrons. The molecule has 0 aliphatic carbocycles. The average molecular weight is 285 g/mol. The number of hydrogen-bond donors (Lipinski definition) is 1. The fourth-order valence-corrected chi connectivity index (χ4v) is 1.95. The highest BCUT2D eigenvalue weighted by Crippen LogP contribution is 2.11. The summed E-state index contributed by atoms with van der Waals surface area (Å²) in [5, 5.41) is 3.53. The lowest BCUT2D eigenvalue weighted by atomic mass is 10.3. The third-order valence-electron chi connectivity index (χ3n) is 2.82. The number of carbonyl (C=O) groups is 1. The predicted molar refractivity (Wildman–Crippen MR) is 77.5 cm³/mol. The molecule has 1 N–H and O–H groups in total. The molecular weight excluding hydrogens is 264 g/mol. The van der Waals surface area contributed by atoms with Gasteiger partial charge in [-0.1, -0.05) is 18.5 Å². The number of nitrogens with one attached hydrogen (secondary N) is 1. The van der Waals surface area contributed by atoms with Crippen molar-refractivity contribution >= 4 is 23.3 Å². The summed E-state index contributed by atoms with van der Waals surface area (Å²) in [5.41, 5.74) is 0. The maximum Gasteiger partial charge on any atom is 0.224 e. The van der Waals surface area contributed by atoms with Crippen molar-refractivity contribution in [3.05, 3.63) is 17.0 Å². The molecule has 0 bridgehead atoms. The van der Waals surface area contributed by atoms with E-state index < -0.39 is 0 Å². The van der Waals surface area contributed by atoms with Crippen LogP contribution < -0.4 is 5.32 Å². The van der Waals surface area contributed by atoms with E-state index in [0.29, 0.717) is 29.8 Å². The smallest absolute Gasteiger partial charge is 0.224 e. The molecule has 0 aliphatic rings. The second-order valence-electron chi connectivity index (χ2n) is 4.09. The van der Waals surface area contributed by atoms with Gasteiger partial charge in [-0.3, -0.25) is 4.79 Å². The maximum absolute atomic E-state index is 11.8. The molecular formula is C13H21ClN4O. The molecule has 0 atom stereocenters. The van der Waals surface area contributed by atoms with E-state index in [1.165, 1.54) is 0 Å². The van der Waals surface area contributed by atoms with Gasteiger partial charge in [-0.25, -0.2) is 9.97 Å². The molecule has 0 aromatic carbocycles. The highest BCUT2D eigenvalue weighted by Gasteiger charge is 2.09. The number of aryl methyl sites for hydroxylation is 1. The number of amides is 1. The number of carbonyl (C=O) groups excluding carboxylic acids is 1. The van der Waals surface area contributed by atoms with Gasteiger partial charge in [-0.2, -0.15) is 0 Å². The summed E-state index contributed by atoms with van der Waals surface area (Å²) in [6.45, 7) is 7.97. The SMILES string of the molecule is CCc1nc(Cl)cc(NCCC(=O)N(CC)CC)n1. The lowest BCUT2D eigenvalue weighted by Gasteiger charge is -2.18. The first kappa shape index (κ1) is 15.7. The van der Waals surface area contributed by atoms with E-state index in [1.807, 2.05) is 25.7 Å². The molecule has 1 aromatic heterocycles. The van der Waals surface area contributed by atoms with Crippen molar-refractivity contribution in [1.82, 2.24) is 14.9 Å². The third-order valence-corrected chi connectivity index (χ3v) is 3.01. The van der Waals surface area contributed by atoms with Crippen LogP contribution in [0.2, 0.25) is 5.15 Å². The normalized spacial score (nSPS) is 10.3. The number of aromatic nitrogens is 2. The van der Waals surface area contributed by atoms with Crippen LogP contribution >= 0.6 is 11.6 Å². The van der Waals surface area contributed by atoms with Gasteiger partial charge in [0, 0.05) is 38.5 Å². The minimum absolute atomic E-state index is 0.147. The minimum atomic E-state index is 0.147. The number of halogens is 1. The summed E-state index contributed by atoms with van der Waals surface area (Å²) in [6, 6.07) is 1.67. The predicted octanol–water partition coefficient (Wildman–Crippen LogP) is 2.36. The zero-order valence-electron chi connectivity index (χ0n) is 11.7. The van der Waals surface area contributed by atoms with Crippen LogP contribution in [0.15, 0.2) is 6.07 Å². The van der Waals surface area contributed by atoms with Gasteiger partial charge in [0.2, 0.25) is 5.91 Å². The summed E-state index contributed by atoms with van der Waals surface area (Å²) < 4.78 is 0. The second-order valence-corrected chi connectivity index (χ2v) is 4.48. The summed E-state index contributed by atoms with van der Waals surface area (Å²) in [4.78, 5) is 22.0. The van der Waals surface area contributed by atoms with Gasteiger partial charge in [-0.05, 0) is 13.8 Å². The highest BCUT2D eigenvalue weighted by molar-refractivity contribution is 6.29.